The summed E-state index contributed by atoms with van der Waals surface area (Å²) in [7, 11) is -3.44. The molecule has 0 bridgehead atoms. The molecule has 0 atom stereocenters. The largest absolute Gasteiger partial charge is 0.324 e. The van der Waals surface area contributed by atoms with E-state index in [1.54, 1.807) is 28.6 Å². The van der Waals surface area contributed by atoms with Gasteiger partial charge in [-0.2, -0.15) is 4.31 Å². The molecule has 0 aromatic heterocycles. The van der Waals surface area contributed by atoms with Gasteiger partial charge in [0.2, 0.25) is 10.0 Å². The maximum atomic E-state index is 12.9. The van der Waals surface area contributed by atoms with Gasteiger partial charge in [-0.3, -0.25) is 5.84 Å². The van der Waals surface area contributed by atoms with Crippen molar-refractivity contribution >= 4 is 15.7 Å². The number of rotatable bonds is 6. The lowest BCUT2D eigenvalue weighted by Gasteiger charge is -2.29. The normalized spacial score (nSPS) is 16.8. The Labute approximate surface area is 127 Å². The zero-order valence-corrected chi connectivity index (χ0v) is 13.6. The Balaban J connectivity index is 2.30. The minimum absolute atomic E-state index is 0.143. The Morgan fingerprint density at radius 1 is 1.24 bits per heavy atom. The van der Waals surface area contributed by atoms with E-state index in [1.807, 2.05) is 0 Å². The fourth-order valence-corrected chi connectivity index (χ4v) is 4.70. The van der Waals surface area contributed by atoms with Gasteiger partial charge in [0.15, 0.2) is 0 Å². The Hall–Kier alpha value is -1.11. The third-order valence-corrected chi connectivity index (χ3v) is 5.84. The second kappa shape index (κ2) is 6.77. The molecule has 0 radical (unpaired) electrons. The van der Waals surface area contributed by atoms with E-state index in [2.05, 4.69) is 19.3 Å². The standard InChI is InChI=1S/C15H25N3O2S/c1-12(2)11-18(14-5-3-4-6-14)21(19,20)15-9-7-13(17-16)8-10-15/h7-10,12,14,17H,3-6,11,16H2,1-2H3. The molecule has 1 aromatic carbocycles. The third-order valence-electron chi connectivity index (χ3n) is 3.90. The van der Waals surface area contributed by atoms with Crippen LogP contribution < -0.4 is 11.3 Å². The Morgan fingerprint density at radius 3 is 2.29 bits per heavy atom. The SMILES string of the molecule is CC(C)CN(C1CCCC1)S(=O)(=O)c1ccc(NN)cc1. The molecule has 0 heterocycles. The summed E-state index contributed by atoms with van der Waals surface area (Å²) in [6.45, 7) is 4.68. The predicted octanol–water partition coefficient (Wildman–Crippen LogP) is 2.56. The molecule has 1 aromatic rings. The lowest BCUT2D eigenvalue weighted by Crippen LogP contribution is -2.41. The minimum atomic E-state index is -3.44. The highest BCUT2D eigenvalue weighted by atomic mass is 32.2. The van der Waals surface area contributed by atoms with Crippen molar-refractivity contribution in [1.82, 2.24) is 4.31 Å². The van der Waals surface area contributed by atoms with Crippen LogP contribution in [0.5, 0.6) is 0 Å². The van der Waals surface area contributed by atoms with E-state index >= 15 is 0 Å². The van der Waals surface area contributed by atoms with Gasteiger partial charge >= 0.3 is 0 Å². The van der Waals surface area contributed by atoms with E-state index in [0.717, 1.165) is 25.7 Å². The number of hydrogen-bond donors (Lipinski definition) is 2. The Bertz CT molecular complexity index is 549. The van der Waals surface area contributed by atoms with Crippen LogP contribution in [-0.4, -0.2) is 25.3 Å². The number of nitrogens with one attached hydrogen (secondary N) is 1. The second-order valence-corrected chi connectivity index (χ2v) is 7.97. The maximum absolute atomic E-state index is 12.9. The summed E-state index contributed by atoms with van der Waals surface area (Å²) in [4.78, 5) is 0.342. The highest BCUT2D eigenvalue weighted by Gasteiger charge is 2.33. The van der Waals surface area contributed by atoms with E-state index < -0.39 is 10.0 Å². The first kappa shape index (κ1) is 16.3. The first-order chi connectivity index (χ1) is 9.95. The summed E-state index contributed by atoms with van der Waals surface area (Å²) in [5.74, 6) is 5.63. The average Bonchev–Trinajstić information content (AvgIpc) is 2.98. The van der Waals surface area contributed by atoms with Gasteiger partial charge in [0, 0.05) is 18.3 Å². The highest BCUT2D eigenvalue weighted by molar-refractivity contribution is 7.89. The van der Waals surface area contributed by atoms with Crippen LogP contribution >= 0.6 is 0 Å². The molecular weight excluding hydrogens is 286 g/mol. The molecular formula is C15H25N3O2S. The number of benzene rings is 1. The van der Waals surface area contributed by atoms with Crippen LogP contribution in [0.1, 0.15) is 39.5 Å². The number of hydrazine groups is 1. The molecule has 0 spiro atoms. The van der Waals surface area contributed by atoms with Gasteiger partial charge in [0.1, 0.15) is 0 Å². The van der Waals surface area contributed by atoms with Crippen LogP contribution in [-0.2, 0) is 10.0 Å². The van der Waals surface area contributed by atoms with Crippen molar-refractivity contribution in [2.24, 2.45) is 11.8 Å². The number of nitrogens with two attached hydrogens (primary N) is 1. The van der Waals surface area contributed by atoms with E-state index in [-0.39, 0.29) is 6.04 Å². The summed E-state index contributed by atoms with van der Waals surface area (Å²) in [6.07, 6.45) is 4.17. The highest BCUT2D eigenvalue weighted by Crippen LogP contribution is 2.29. The molecule has 5 nitrogen and oxygen atoms in total. The summed E-state index contributed by atoms with van der Waals surface area (Å²) in [5, 5.41) is 0. The number of anilines is 1. The van der Waals surface area contributed by atoms with Crippen LogP contribution in [0.15, 0.2) is 29.2 Å². The van der Waals surface area contributed by atoms with Crippen LogP contribution in [0.4, 0.5) is 5.69 Å². The Kier molecular flexibility index (Phi) is 5.24. The molecule has 0 unspecified atom stereocenters. The van der Waals surface area contributed by atoms with Crippen molar-refractivity contribution in [2.45, 2.75) is 50.5 Å². The van der Waals surface area contributed by atoms with Gasteiger partial charge in [-0.05, 0) is 43.0 Å². The van der Waals surface area contributed by atoms with Gasteiger partial charge in [0.25, 0.3) is 0 Å². The monoisotopic (exact) mass is 311 g/mol. The van der Waals surface area contributed by atoms with Crippen molar-refractivity contribution in [1.29, 1.82) is 0 Å². The van der Waals surface area contributed by atoms with Crippen molar-refractivity contribution in [3.8, 4) is 0 Å². The quantitative estimate of drug-likeness (QED) is 0.625. The molecule has 0 aliphatic heterocycles. The number of sulfonamides is 1. The summed E-state index contributed by atoms with van der Waals surface area (Å²) < 4.78 is 27.6. The zero-order valence-electron chi connectivity index (χ0n) is 12.7. The molecule has 6 heteroatoms. The second-order valence-electron chi connectivity index (χ2n) is 6.08. The van der Waals surface area contributed by atoms with Gasteiger partial charge in [-0.15, -0.1) is 0 Å². The van der Waals surface area contributed by atoms with E-state index in [4.69, 9.17) is 5.84 Å². The van der Waals surface area contributed by atoms with Crippen molar-refractivity contribution in [3.63, 3.8) is 0 Å². The molecule has 0 amide bonds. The zero-order chi connectivity index (χ0) is 15.5. The fraction of sp³-hybridized carbons (Fsp3) is 0.600. The summed E-state index contributed by atoms with van der Waals surface area (Å²) in [5.41, 5.74) is 3.21. The summed E-state index contributed by atoms with van der Waals surface area (Å²) >= 11 is 0. The molecule has 1 aliphatic rings. The average molecular weight is 311 g/mol. The third kappa shape index (κ3) is 3.75. The van der Waals surface area contributed by atoms with Gasteiger partial charge in [-0.1, -0.05) is 26.7 Å². The molecule has 21 heavy (non-hydrogen) atoms. The maximum Gasteiger partial charge on any atom is 0.243 e. The van der Waals surface area contributed by atoms with Gasteiger partial charge in [-0.25, -0.2) is 8.42 Å². The fourth-order valence-electron chi connectivity index (χ4n) is 2.85. The number of nitrogens with zero attached hydrogens (tertiary/aromatic N) is 1. The first-order valence-corrected chi connectivity index (χ1v) is 8.97. The van der Waals surface area contributed by atoms with E-state index in [9.17, 15) is 8.42 Å². The number of nitrogen functional groups attached to an aromatic ring is 1. The van der Waals surface area contributed by atoms with Crippen LogP contribution in [0.25, 0.3) is 0 Å². The van der Waals surface area contributed by atoms with Gasteiger partial charge < -0.3 is 5.43 Å². The molecule has 1 saturated carbocycles. The Morgan fingerprint density at radius 2 is 1.81 bits per heavy atom. The molecule has 1 aliphatic carbocycles. The van der Waals surface area contributed by atoms with E-state index in [0.29, 0.717) is 23.0 Å². The minimum Gasteiger partial charge on any atom is -0.324 e. The van der Waals surface area contributed by atoms with Crippen LogP contribution in [0.2, 0.25) is 0 Å². The molecule has 1 fully saturated rings. The lowest BCUT2D eigenvalue weighted by atomic mass is 10.2. The topological polar surface area (TPSA) is 75.4 Å². The number of hydrogen-bond acceptors (Lipinski definition) is 4. The molecule has 0 saturated heterocycles. The van der Waals surface area contributed by atoms with Crippen molar-refractivity contribution < 1.29 is 8.42 Å². The summed E-state index contributed by atoms with van der Waals surface area (Å²) in [6, 6.07) is 6.76. The van der Waals surface area contributed by atoms with Gasteiger partial charge in [0.05, 0.1) is 4.90 Å². The molecule has 118 valence electrons. The smallest absolute Gasteiger partial charge is 0.243 e. The predicted molar refractivity (Wildman–Crippen MR) is 85.2 cm³/mol. The first-order valence-electron chi connectivity index (χ1n) is 7.53. The van der Waals surface area contributed by atoms with Crippen LogP contribution in [0, 0.1) is 5.92 Å². The lowest BCUT2D eigenvalue weighted by molar-refractivity contribution is 0.292. The van der Waals surface area contributed by atoms with Crippen LogP contribution in [0.3, 0.4) is 0 Å². The molecule has 2 rings (SSSR count). The van der Waals surface area contributed by atoms with Crippen molar-refractivity contribution in [2.75, 3.05) is 12.0 Å². The van der Waals surface area contributed by atoms with E-state index in [1.165, 1.54) is 0 Å². The van der Waals surface area contributed by atoms with Crippen molar-refractivity contribution in [3.05, 3.63) is 24.3 Å². The molecule has 3 N–H and O–H groups in total.